The number of aromatic nitrogens is 2. The smallest absolute Gasteiger partial charge is 0.0541 e. The Morgan fingerprint density at radius 1 is 0.467 bits per heavy atom. The minimum Gasteiger partial charge on any atom is -0.309 e. The largest absolute Gasteiger partial charge is 0.309 e. The van der Waals surface area contributed by atoms with Gasteiger partial charge in [0.1, 0.15) is 0 Å². The second-order valence-corrected chi connectivity index (χ2v) is 11.5. The third-order valence-electron chi connectivity index (χ3n) is 8.86. The number of nitrogens with zero attached hydrogens (tertiary/aromatic N) is 2. The molecule has 6 aromatic carbocycles. The van der Waals surface area contributed by atoms with Crippen LogP contribution in [0.3, 0.4) is 0 Å². The van der Waals surface area contributed by atoms with Crippen LogP contribution in [0.5, 0.6) is 0 Å². The van der Waals surface area contributed by atoms with Crippen molar-refractivity contribution in [1.29, 1.82) is 0 Å². The zero-order valence-corrected chi connectivity index (χ0v) is 25.2. The topological polar surface area (TPSA) is 9.86 Å². The number of para-hydroxylation sites is 6. The van der Waals surface area contributed by atoms with Crippen molar-refractivity contribution in [2.24, 2.45) is 0 Å². The van der Waals surface area contributed by atoms with Crippen LogP contribution in [-0.4, -0.2) is 9.13 Å². The number of rotatable bonds is 6. The summed E-state index contributed by atoms with van der Waals surface area (Å²) in [4.78, 5) is 0. The Balaban J connectivity index is 1.18. The van der Waals surface area contributed by atoms with Gasteiger partial charge in [-0.05, 0) is 54.5 Å². The molecule has 0 radical (unpaired) electrons. The molecule has 2 heterocycles. The lowest BCUT2D eigenvalue weighted by atomic mass is 10.0. The zero-order chi connectivity index (χ0) is 30.3. The van der Waals surface area contributed by atoms with E-state index in [4.69, 9.17) is 0 Å². The highest BCUT2D eigenvalue weighted by atomic mass is 15.0. The van der Waals surface area contributed by atoms with Crippen LogP contribution < -0.4 is 0 Å². The lowest BCUT2D eigenvalue weighted by Gasteiger charge is -2.14. The van der Waals surface area contributed by atoms with Crippen LogP contribution in [-0.2, 0) is 0 Å². The molecule has 214 valence electrons. The highest BCUT2D eigenvalue weighted by Gasteiger charge is 2.16. The molecule has 0 N–H and O–H groups in total. The molecule has 0 saturated heterocycles. The average Bonchev–Trinajstić information content (AvgIpc) is 3.61. The molecular formula is C43H32N2. The Labute approximate surface area is 263 Å². The summed E-state index contributed by atoms with van der Waals surface area (Å²) in [5, 5.41) is 5.04. The van der Waals surface area contributed by atoms with Crippen molar-refractivity contribution in [2.45, 2.75) is 6.92 Å². The molecule has 2 nitrogen and oxygen atoms in total. The van der Waals surface area contributed by atoms with Gasteiger partial charge in [0, 0.05) is 32.7 Å². The molecule has 0 aliphatic heterocycles. The van der Waals surface area contributed by atoms with Gasteiger partial charge in [0.2, 0.25) is 0 Å². The Morgan fingerprint density at radius 3 is 1.29 bits per heavy atom. The van der Waals surface area contributed by atoms with Gasteiger partial charge >= 0.3 is 0 Å². The first kappa shape index (κ1) is 26.7. The summed E-state index contributed by atoms with van der Waals surface area (Å²) in [6.45, 7) is 6.70. The maximum absolute atomic E-state index is 4.52. The molecule has 0 aliphatic carbocycles. The number of hydrogen-bond acceptors (Lipinski definition) is 0. The molecule has 8 rings (SSSR count). The third kappa shape index (κ3) is 4.42. The molecule has 0 amide bonds. The first-order valence-corrected chi connectivity index (χ1v) is 15.4. The first-order chi connectivity index (χ1) is 22.2. The lowest BCUT2D eigenvalue weighted by Crippen LogP contribution is -1.98. The second kappa shape index (κ2) is 11.0. The molecule has 0 bridgehead atoms. The fourth-order valence-corrected chi connectivity index (χ4v) is 6.79. The molecule has 0 aliphatic rings. The van der Waals surface area contributed by atoms with Crippen LogP contribution in [0.15, 0.2) is 170 Å². The molecule has 2 heteroatoms. The van der Waals surface area contributed by atoms with Gasteiger partial charge in [0.05, 0.1) is 33.4 Å². The third-order valence-corrected chi connectivity index (χ3v) is 8.86. The highest BCUT2D eigenvalue weighted by Crippen LogP contribution is 2.36. The van der Waals surface area contributed by atoms with Gasteiger partial charge < -0.3 is 9.13 Å². The average molecular weight is 577 g/mol. The summed E-state index contributed by atoms with van der Waals surface area (Å²) in [6, 6.07) is 51.8. The zero-order valence-electron chi connectivity index (χ0n) is 25.2. The van der Waals surface area contributed by atoms with Crippen LogP contribution in [0.1, 0.15) is 18.1 Å². The summed E-state index contributed by atoms with van der Waals surface area (Å²) in [7, 11) is 0. The van der Waals surface area contributed by atoms with Crippen molar-refractivity contribution in [2.75, 3.05) is 0 Å². The van der Waals surface area contributed by atoms with Crippen molar-refractivity contribution in [3.63, 3.8) is 0 Å². The van der Waals surface area contributed by atoms with Crippen molar-refractivity contribution < 1.29 is 0 Å². The number of hydrogen-bond donors (Lipinski definition) is 0. The molecule has 0 spiro atoms. The fraction of sp³-hybridized carbons (Fsp3) is 0.0233. The normalized spacial score (nSPS) is 12.2. The van der Waals surface area contributed by atoms with Crippen molar-refractivity contribution in [3.05, 3.63) is 182 Å². The summed E-state index contributed by atoms with van der Waals surface area (Å²) in [5.74, 6) is 0. The van der Waals surface area contributed by atoms with E-state index in [0.717, 1.165) is 16.8 Å². The Hall–Kier alpha value is -5.86. The summed E-state index contributed by atoms with van der Waals surface area (Å²) < 4.78 is 4.75. The summed E-state index contributed by atoms with van der Waals surface area (Å²) in [6.07, 6.45) is 6.45. The summed E-state index contributed by atoms with van der Waals surface area (Å²) in [5.41, 5.74) is 11.6. The SMILES string of the molecule is C=C(/C=C\C=C(/C)c1ccccc1-n1c2ccccc2c2ccccc21)c1ccccc1-n1c2ccccc2c2ccccc21. The van der Waals surface area contributed by atoms with Crippen LogP contribution in [0, 0.1) is 0 Å². The van der Waals surface area contributed by atoms with E-state index in [9.17, 15) is 0 Å². The van der Waals surface area contributed by atoms with E-state index in [1.807, 2.05) is 0 Å². The monoisotopic (exact) mass is 576 g/mol. The van der Waals surface area contributed by atoms with E-state index in [2.05, 4.69) is 186 Å². The molecule has 8 aromatic rings. The minimum absolute atomic E-state index is 0.965. The summed E-state index contributed by atoms with van der Waals surface area (Å²) >= 11 is 0. The molecular weight excluding hydrogens is 544 g/mol. The molecule has 0 unspecified atom stereocenters. The number of benzene rings is 6. The van der Waals surface area contributed by atoms with Gasteiger partial charge in [0.15, 0.2) is 0 Å². The standard InChI is InChI=1S/C43H32N2/c1-30(32-18-3-9-24-38(32)44-40-26-11-5-20-34(40)35-21-6-12-27-41(35)44)16-15-17-31(2)33-19-4-10-25-39(33)45-42-28-13-7-22-36(42)37-23-8-14-29-43(37)45/h3-29H,1H2,2H3/b16-15-,31-17+. The molecule has 0 saturated carbocycles. The van der Waals surface area contributed by atoms with Crippen LogP contribution in [0.4, 0.5) is 0 Å². The van der Waals surface area contributed by atoms with E-state index >= 15 is 0 Å². The van der Waals surface area contributed by atoms with E-state index in [1.165, 1.54) is 60.4 Å². The maximum atomic E-state index is 4.52. The molecule has 0 atom stereocenters. The van der Waals surface area contributed by atoms with Gasteiger partial charge in [-0.25, -0.2) is 0 Å². The van der Waals surface area contributed by atoms with Gasteiger partial charge in [-0.1, -0.05) is 134 Å². The molecule has 2 aromatic heterocycles. The maximum Gasteiger partial charge on any atom is 0.0541 e. The van der Waals surface area contributed by atoms with Crippen LogP contribution >= 0.6 is 0 Å². The van der Waals surface area contributed by atoms with Gasteiger partial charge in [0.25, 0.3) is 0 Å². The first-order valence-electron chi connectivity index (χ1n) is 15.4. The van der Waals surface area contributed by atoms with Gasteiger partial charge in [-0.3, -0.25) is 0 Å². The molecule has 0 fully saturated rings. The Kier molecular flexibility index (Phi) is 6.54. The van der Waals surface area contributed by atoms with E-state index < -0.39 is 0 Å². The highest BCUT2D eigenvalue weighted by molar-refractivity contribution is 6.10. The van der Waals surface area contributed by atoms with Crippen molar-refractivity contribution in [1.82, 2.24) is 9.13 Å². The van der Waals surface area contributed by atoms with E-state index in [1.54, 1.807) is 0 Å². The van der Waals surface area contributed by atoms with Crippen molar-refractivity contribution >= 4 is 54.8 Å². The Morgan fingerprint density at radius 2 is 0.822 bits per heavy atom. The predicted molar refractivity (Wildman–Crippen MR) is 193 cm³/mol. The Bertz CT molecular complexity index is 2360. The van der Waals surface area contributed by atoms with Crippen molar-refractivity contribution in [3.8, 4) is 11.4 Å². The van der Waals surface area contributed by atoms with E-state index in [-0.39, 0.29) is 0 Å². The number of fused-ring (bicyclic) bond motifs is 6. The quantitative estimate of drug-likeness (QED) is 0.174. The molecule has 45 heavy (non-hydrogen) atoms. The minimum atomic E-state index is 0.965. The van der Waals surface area contributed by atoms with Gasteiger partial charge in [-0.15, -0.1) is 0 Å². The predicted octanol–water partition coefficient (Wildman–Crippen LogP) is 11.6. The second-order valence-electron chi connectivity index (χ2n) is 11.5. The van der Waals surface area contributed by atoms with Crippen LogP contribution in [0.25, 0.3) is 66.1 Å². The number of allylic oxidation sites excluding steroid dienone is 5. The van der Waals surface area contributed by atoms with E-state index in [0.29, 0.717) is 0 Å². The van der Waals surface area contributed by atoms with Gasteiger partial charge in [-0.2, -0.15) is 0 Å². The van der Waals surface area contributed by atoms with Crippen LogP contribution in [0.2, 0.25) is 0 Å². The lowest BCUT2D eigenvalue weighted by molar-refractivity contribution is 1.17. The fourth-order valence-electron chi connectivity index (χ4n) is 6.79.